The number of halogens is 1. The Labute approximate surface area is 163 Å². The number of nitrogens with zero attached hydrogens (tertiary/aromatic N) is 3. The molecule has 0 amide bonds. The fourth-order valence-electron chi connectivity index (χ4n) is 2.95. The molecule has 1 N–H and O–H groups in total. The van der Waals surface area contributed by atoms with Gasteiger partial charge in [0.1, 0.15) is 0 Å². The van der Waals surface area contributed by atoms with Crippen LogP contribution < -0.4 is 10.2 Å². The van der Waals surface area contributed by atoms with Crippen LogP contribution >= 0.6 is 24.0 Å². The molecule has 1 fully saturated rings. The maximum absolute atomic E-state index is 5.37. The van der Waals surface area contributed by atoms with E-state index in [0.29, 0.717) is 0 Å². The number of rotatable bonds is 5. The molecule has 0 unspecified atom stereocenters. The van der Waals surface area contributed by atoms with E-state index in [1.54, 1.807) is 0 Å². The molecule has 1 aliphatic heterocycles. The molecule has 0 radical (unpaired) electrons. The molecular weight excluding hydrogens is 415 g/mol. The molecule has 1 aromatic rings. The molecule has 1 aromatic carbocycles. The molecular formula is C18H31IN4O. The molecule has 1 heterocycles. The van der Waals surface area contributed by atoms with Crippen LogP contribution in [0.15, 0.2) is 23.2 Å². The highest BCUT2D eigenvalue weighted by Crippen LogP contribution is 2.23. The number of nitrogens with one attached hydrogen (secondary N) is 1. The minimum Gasteiger partial charge on any atom is -0.380 e. The summed E-state index contributed by atoms with van der Waals surface area (Å²) >= 11 is 0. The molecule has 136 valence electrons. The molecule has 1 aliphatic rings. The van der Waals surface area contributed by atoms with Gasteiger partial charge in [0.2, 0.25) is 0 Å². The first-order valence-corrected chi connectivity index (χ1v) is 8.51. The molecule has 24 heavy (non-hydrogen) atoms. The number of ether oxygens (including phenoxy) is 1. The Balaban J connectivity index is 0.00000288. The summed E-state index contributed by atoms with van der Waals surface area (Å²) in [6.07, 6.45) is 0. The molecule has 0 bridgehead atoms. The number of aryl methyl sites for hydroxylation is 1. The number of piperazine rings is 1. The van der Waals surface area contributed by atoms with Gasteiger partial charge in [-0.1, -0.05) is 12.1 Å². The van der Waals surface area contributed by atoms with Gasteiger partial charge in [0.25, 0.3) is 0 Å². The van der Waals surface area contributed by atoms with Crippen molar-refractivity contribution < 1.29 is 4.74 Å². The average molecular weight is 446 g/mol. The van der Waals surface area contributed by atoms with Crippen LogP contribution in [0.5, 0.6) is 0 Å². The van der Waals surface area contributed by atoms with E-state index < -0.39 is 0 Å². The van der Waals surface area contributed by atoms with Crippen molar-refractivity contribution in [2.75, 3.05) is 57.9 Å². The van der Waals surface area contributed by atoms with Crippen molar-refractivity contribution in [3.63, 3.8) is 0 Å². The third-order valence-corrected chi connectivity index (χ3v) is 4.44. The first-order valence-electron chi connectivity index (χ1n) is 8.51. The summed E-state index contributed by atoms with van der Waals surface area (Å²) in [7, 11) is 1.85. The second-order valence-corrected chi connectivity index (χ2v) is 5.86. The van der Waals surface area contributed by atoms with Crippen molar-refractivity contribution in [1.29, 1.82) is 0 Å². The predicted octanol–water partition coefficient (Wildman–Crippen LogP) is 2.66. The van der Waals surface area contributed by atoms with E-state index in [1.807, 2.05) is 14.0 Å². The molecule has 5 nitrogen and oxygen atoms in total. The van der Waals surface area contributed by atoms with E-state index in [1.165, 1.54) is 16.8 Å². The summed E-state index contributed by atoms with van der Waals surface area (Å²) in [5.41, 5.74) is 4.11. The Kier molecular flexibility index (Phi) is 9.43. The second-order valence-electron chi connectivity index (χ2n) is 5.86. The van der Waals surface area contributed by atoms with Crippen LogP contribution in [-0.2, 0) is 4.74 Å². The van der Waals surface area contributed by atoms with Crippen LogP contribution in [0.25, 0.3) is 0 Å². The zero-order chi connectivity index (χ0) is 16.7. The van der Waals surface area contributed by atoms with Gasteiger partial charge in [-0.2, -0.15) is 0 Å². The maximum atomic E-state index is 5.37. The summed E-state index contributed by atoms with van der Waals surface area (Å²) in [5, 5.41) is 3.38. The van der Waals surface area contributed by atoms with Crippen LogP contribution in [0.4, 0.5) is 5.69 Å². The lowest BCUT2D eigenvalue weighted by atomic mass is 10.1. The quantitative estimate of drug-likeness (QED) is 0.327. The normalized spacial score (nSPS) is 15.2. The minimum atomic E-state index is 0. The largest absolute Gasteiger partial charge is 0.380 e. The first-order chi connectivity index (χ1) is 11.2. The number of hydrogen-bond donors (Lipinski definition) is 1. The van der Waals surface area contributed by atoms with Crippen molar-refractivity contribution in [1.82, 2.24) is 10.2 Å². The Hall–Kier alpha value is -1.02. The Bertz CT molecular complexity index is 528. The SMILES string of the molecule is CCOCCNC(=NC)N1CCN(c2cccc(C)c2C)CC1.I. The number of benzene rings is 1. The number of hydrogen-bond acceptors (Lipinski definition) is 3. The monoisotopic (exact) mass is 446 g/mol. The Morgan fingerprint density at radius 2 is 1.92 bits per heavy atom. The van der Waals surface area contributed by atoms with Crippen LogP contribution in [0.2, 0.25) is 0 Å². The highest BCUT2D eigenvalue weighted by atomic mass is 127. The molecule has 0 saturated carbocycles. The van der Waals surface area contributed by atoms with E-state index in [9.17, 15) is 0 Å². The third kappa shape index (κ3) is 5.51. The number of guanidine groups is 1. The zero-order valence-corrected chi connectivity index (χ0v) is 17.7. The molecule has 6 heteroatoms. The predicted molar refractivity (Wildman–Crippen MR) is 113 cm³/mol. The van der Waals surface area contributed by atoms with Crippen LogP contribution in [0, 0.1) is 13.8 Å². The van der Waals surface area contributed by atoms with Gasteiger partial charge in [-0.3, -0.25) is 4.99 Å². The minimum absolute atomic E-state index is 0. The van der Waals surface area contributed by atoms with E-state index in [0.717, 1.165) is 51.9 Å². The highest BCUT2D eigenvalue weighted by Gasteiger charge is 2.20. The van der Waals surface area contributed by atoms with Crippen molar-refractivity contribution in [3.05, 3.63) is 29.3 Å². The van der Waals surface area contributed by atoms with E-state index >= 15 is 0 Å². The van der Waals surface area contributed by atoms with Gasteiger partial charge >= 0.3 is 0 Å². The van der Waals surface area contributed by atoms with Crippen LogP contribution in [0.3, 0.4) is 0 Å². The molecule has 0 spiro atoms. The average Bonchev–Trinajstić information content (AvgIpc) is 2.58. The molecule has 0 atom stereocenters. The summed E-state index contributed by atoms with van der Waals surface area (Å²) in [4.78, 5) is 9.20. The van der Waals surface area contributed by atoms with Crippen molar-refractivity contribution >= 4 is 35.6 Å². The topological polar surface area (TPSA) is 40.1 Å². The molecule has 0 aliphatic carbocycles. The fourth-order valence-corrected chi connectivity index (χ4v) is 2.95. The van der Waals surface area contributed by atoms with Crippen LogP contribution in [-0.4, -0.2) is 63.8 Å². The van der Waals surface area contributed by atoms with Gasteiger partial charge in [-0.05, 0) is 38.0 Å². The highest BCUT2D eigenvalue weighted by molar-refractivity contribution is 14.0. The van der Waals surface area contributed by atoms with Crippen molar-refractivity contribution in [2.45, 2.75) is 20.8 Å². The standard InChI is InChI=1S/C18H30N4O.HI/c1-5-23-14-9-20-18(19-4)22-12-10-21(11-13-22)17-8-6-7-15(2)16(17)3;/h6-8H,5,9-14H2,1-4H3,(H,19,20);1H. The zero-order valence-electron chi connectivity index (χ0n) is 15.3. The van der Waals surface area contributed by atoms with Crippen molar-refractivity contribution in [3.8, 4) is 0 Å². The lowest BCUT2D eigenvalue weighted by Gasteiger charge is -2.38. The number of anilines is 1. The molecule has 0 aromatic heterocycles. The van der Waals surface area contributed by atoms with Gasteiger partial charge in [-0.25, -0.2) is 0 Å². The summed E-state index contributed by atoms with van der Waals surface area (Å²) in [5.74, 6) is 0.977. The molecule has 2 rings (SSSR count). The fraction of sp³-hybridized carbons (Fsp3) is 0.611. The first kappa shape index (κ1) is 21.0. The maximum Gasteiger partial charge on any atom is 0.193 e. The van der Waals surface area contributed by atoms with Gasteiger partial charge in [-0.15, -0.1) is 24.0 Å². The van der Waals surface area contributed by atoms with E-state index in [-0.39, 0.29) is 24.0 Å². The Morgan fingerprint density at radius 3 is 2.54 bits per heavy atom. The summed E-state index contributed by atoms with van der Waals surface area (Å²) in [6.45, 7) is 12.7. The smallest absolute Gasteiger partial charge is 0.193 e. The van der Waals surface area contributed by atoms with Crippen LogP contribution in [0.1, 0.15) is 18.1 Å². The van der Waals surface area contributed by atoms with Gasteiger partial charge in [0.15, 0.2) is 5.96 Å². The lowest BCUT2D eigenvalue weighted by molar-refractivity contribution is 0.151. The molecule has 1 saturated heterocycles. The number of aliphatic imine (C=N–C) groups is 1. The van der Waals surface area contributed by atoms with E-state index in [2.05, 4.69) is 52.2 Å². The van der Waals surface area contributed by atoms with Gasteiger partial charge in [0.05, 0.1) is 6.61 Å². The third-order valence-electron chi connectivity index (χ3n) is 4.44. The van der Waals surface area contributed by atoms with Crippen molar-refractivity contribution in [2.24, 2.45) is 4.99 Å². The summed E-state index contributed by atoms with van der Waals surface area (Å²) in [6, 6.07) is 6.56. The summed E-state index contributed by atoms with van der Waals surface area (Å²) < 4.78 is 5.37. The van der Waals surface area contributed by atoms with Gasteiger partial charge < -0.3 is 19.9 Å². The second kappa shape index (κ2) is 10.8. The Morgan fingerprint density at radius 1 is 1.21 bits per heavy atom. The van der Waals surface area contributed by atoms with E-state index in [4.69, 9.17) is 4.74 Å². The lowest BCUT2D eigenvalue weighted by Crippen LogP contribution is -2.53. The van der Waals surface area contributed by atoms with Gasteiger partial charge in [0, 0.05) is 52.1 Å².